The quantitative estimate of drug-likeness (QED) is 0.688. The molecule has 0 fully saturated rings. The van der Waals surface area contributed by atoms with E-state index in [4.69, 9.17) is 9.47 Å². The van der Waals surface area contributed by atoms with Gasteiger partial charge >= 0.3 is 0 Å². The van der Waals surface area contributed by atoms with Crippen LogP contribution in [0.1, 0.15) is 19.4 Å². The summed E-state index contributed by atoms with van der Waals surface area (Å²) in [6, 6.07) is 13.7. The second-order valence-electron chi connectivity index (χ2n) is 4.29. The maximum absolute atomic E-state index is 5.65. The molecule has 0 radical (unpaired) electrons. The topological polar surface area (TPSA) is 30.8 Å². The van der Waals surface area contributed by atoms with Gasteiger partial charge in [0.15, 0.2) is 11.5 Å². The highest BCUT2D eigenvalue weighted by molar-refractivity contribution is 9.10. The van der Waals surface area contributed by atoms with Crippen LogP contribution < -0.4 is 9.47 Å². The number of benzene rings is 2. The first-order valence-corrected chi connectivity index (χ1v) is 7.72. The minimum Gasteiger partial charge on any atom is -0.490 e. The van der Waals surface area contributed by atoms with Crippen LogP contribution in [0.2, 0.25) is 0 Å². The van der Waals surface area contributed by atoms with Gasteiger partial charge in [0.25, 0.3) is 0 Å². The minimum atomic E-state index is 0.589. The van der Waals surface area contributed by atoms with Crippen LogP contribution in [0.3, 0.4) is 0 Å². The Hall–Kier alpha value is -1.81. The van der Waals surface area contributed by atoms with E-state index in [1.807, 2.05) is 62.5 Å². The average molecular weight is 348 g/mol. The summed E-state index contributed by atoms with van der Waals surface area (Å²) in [7, 11) is 0. The van der Waals surface area contributed by atoms with Crippen molar-refractivity contribution in [3.8, 4) is 11.5 Å². The standard InChI is InChI=1S/C17H18BrNO2/c1-3-20-16-11-13(10-15(18)17(16)21-4-2)12-19-14-8-6-5-7-9-14/h5-12H,3-4H2,1-2H3. The Morgan fingerprint density at radius 1 is 1.05 bits per heavy atom. The Bertz CT molecular complexity index is 612. The average Bonchev–Trinajstić information content (AvgIpc) is 2.50. The number of para-hydroxylation sites is 1. The summed E-state index contributed by atoms with van der Waals surface area (Å²) in [6.07, 6.45) is 1.82. The molecule has 0 aliphatic carbocycles. The molecule has 0 N–H and O–H groups in total. The van der Waals surface area contributed by atoms with Gasteiger partial charge in [-0.05, 0) is 59.6 Å². The van der Waals surface area contributed by atoms with E-state index < -0.39 is 0 Å². The fourth-order valence-corrected chi connectivity index (χ4v) is 2.45. The van der Waals surface area contributed by atoms with Crippen molar-refractivity contribution >= 4 is 27.8 Å². The fraction of sp³-hybridized carbons (Fsp3) is 0.235. The summed E-state index contributed by atoms with van der Waals surface area (Å²) >= 11 is 3.53. The predicted octanol–water partition coefficient (Wildman–Crippen LogP) is 5.00. The highest BCUT2D eigenvalue weighted by Crippen LogP contribution is 2.36. The molecule has 3 nitrogen and oxygen atoms in total. The third kappa shape index (κ3) is 4.33. The molecule has 110 valence electrons. The largest absolute Gasteiger partial charge is 0.490 e. The van der Waals surface area contributed by atoms with E-state index in [0.717, 1.165) is 27.2 Å². The van der Waals surface area contributed by atoms with E-state index in [1.165, 1.54) is 0 Å². The molecule has 0 bridgehead atoms. The van der Waals surface area contributed by atoms with Crippen molar-refractivity contribution in [3.05, 3.63) is 52.5 Å². The zero-order chi connectivity index (χ0) is 15.1. The zero-order valence-electron chi connectivity index (χ0n) is 12.2. The molecule has 0 saturated heterocycles. The van der Waals surface area contributed by atoms with Gasteiger partial charge in [-0.25, -0.2) is 0 Å². The second kappa shape index (κ2) is 7.84. The molecule has 2 rings (SSSR count). The zero-order valence-corrected chi connectivity index (χ0v) is 13.8. The van der Waals surface area contributed by atoms with Crippen LogP contribution >= 0.6 is 15.9 Å². The molecule has 21 heavy (non-hydrogen) atoms. The number of halogens is 1. The van der Waals surface area contributed by atoms with Crippen LogP contribution in [-0.2, 0) is 0 Å². The molecule has 4 heteroatoms. The third-order valence-electron chi connectivity index (χ3n) is 2.74. The van der Waals surface area contributed by atoms with Crippen LogP contribution in [0.5, 0.6) is 11.5 Å². The fourth-order valence-electron chi connectivity index (χ4n) is 1.87. The number of nitrogens with zero attached hydrogens (tertiary/aromatic N) is 1. The number of aliphatic imine (C=N–C) groups is 1. The van der Waals surface area contributed by atoms with Crippen molar-refractivity contribution < 1.29 is 9.47 Å². The number of rotatable bonds is 6. The van der Waals surface area contributed by atoms with Crippen molar-refractivity contribution in [2.45, 2.75) is 13.8 Å². The van der Waals surface area contributed by atoms with Gasteiger partial charge in [-0.3, -0.25) is 4.99 Å². The van der Waals surface area contributed by atoms with E-state index in [1.54, 1.807) is 0 Å². The Labute approximate surface area is 133 Å². The first-order valence-electron chi connectivity index (χ1n) is 6.92. The second-order valence-corrected chi connectivity index (χ2v) is 5.14. The van der Waals surface area contributed by atoms with E-state index in [0.29, 0.717) is 13.2 Å². The molecular weight excluding hydrogens is 330 g/mol. The molecule has 0 unspecified atom stereocenters. The summed E-state index contributed by atoms with van der Waals surface area (Å²) in [4.78, 5) is 4.45. The van der Waals surface area contributed by atoms with Gasteiger partial charge in [0.1, 0.15) is 0 Å². The lowest BCUT2D eigenvalue weighted by atomic mass is 10.2. The molecular formula is C17H18BrNO2. The Morgan fingerprint density at radius 2 is 1.76 bits per heavy atom. The first-order chi connectivity index (χ1) is 10.2. The minimum absolute atomic E-state index is 0.589. The third-order valence-corrected chi connectivity index (χ3v) is 3.33. The monoisotopic (exact) mass is 347 g/mol. The molecule has 0 atom stereocenters. The summed E-state index contributed by atoms with van der Waals surface area (Å²) in [5.74, 6) is 1.46. The molecule has 0 aromatic heterocycles. The molecule has 0 spiro atoms. The van der Waals surface area contributed by atoms with Crippen LogP contribution in [0.4, 0.5) is 5.69 Å². The van der Waals surface area contributed by atoms with Crippen molar-refractivity contribution in [2.75, 3.05) is 13.2 Å². The first kappa shape index (κ1) is 15.6. The predicted molar refractivity (Wildman–Crippen MR) is 90.2 cm³/mol. The van der Waals surface area contributed by atoms with Gasteiger partial charge in [0.2, 0.25) is 0 Å². The van der Waals surface area contributed by atoms with Gasteiger partial charge in [-0.1, -0.05) is 18.2 Å². The summed E-state index contributed by atoms with van der Waals surface area (Å²) in [6.45, 7) is 5.09. The van der Waals surface area contributed by atoms with Gasteiger partial charge < -0.3 is 9.47 Å². The van der Waals surface area contributed by atoms with Crippen LogP contribution in [0, 0.1) is 0 Å². The molecule has 0 saturated carbocycles. The lowest BCUT2D eigenvalue weighted by Gasteiger charge is -2.13. The van der Waals surface area contributed by atoms with Gasteiger partial charge in [-0.2, -0.15) is 0 Å². The normalized spacial score (nSPS) is 10.8. The lowest BCUT2D eigenvalue weighted by molar-refractivity contribution is 0.286. The SMILES string of the molecule is CCOc1cc(C=Nc2ccccc2)cc(Br)c1OCC. The van der Waals surface area contributed by atoms with Crippen LogP contribution in [0.15, 0.2) is 51.9 Å². The van der Waals surface area contributed by atoms with E-state index in [2.05, 4.69) is 20.9 Å². The maximum atomic E-state index is 5.65. The molecule has 0 heterocycles. The van der Waals surface area contributed by atoms with Gasteiger partial charge in [0.05, 0.1) is 23.4 Å². The number of hydrogen-bond donors (Lipinski definition) is 0. The molecule has 0 aliphatic heterocycles. The number of ether oxygens (including phenoxy) is 2. The maximum Gasteiger partial charge on any atom is 0.175 e. The highest BCUT2D eigenvalue weighted by Gasteiger charge is 2.11. The lowest BCUT2D eigenvalue weighted by Crippen LogP contribution is -2.00. The summed E-state index contributed by atoms with van der Waals surface area (Å²) < 4.78 is 12.1. The molecule has 2 aromatic rings. The molecule has 2 aromatic carbocycles. The van der Waals surface area contributed by atoms with Crippen molar-refractivity contribution in [3.63, 3.8) is 0 Å². The van der Waals surface area contributed by atoms with Crippen LogP contribution in [-0.4, -0.2) is 19.4 Å². The van der Waals surface area contributed by atoms with Gasteiger partial charge in [0, 0.05) is 6.21 Å². The van der Waals surface area contributed by atoms with E-state index in [-0.39, 0.29) is 0 Å². The number of hydrogen-bond acceptors (Lipinski definition) is 3. The van der Waals surface area contributed by atoms with Crippen LogP contribution in [0.25, 0.3) is 0 Å². The Morgan fingerprint density at radius 3 is 2.43 bits per heavy atom. The summed E-state index contributed by atoms with van der Waals surface area (Å²) in [5.41, 5.74) is 1.87. The smallest absolute Gasteiger partial charge is 0.175 e. The Kier molecular flexibility index (Phi) is 5.81. The van der Waals surface area contributed by atoms with E-state index >= 15 is 0 Å². The molecule has 0 amide bonds. The Balaban J connectivity index is 2.30. The van der Waals surface area contributed by atoms with E-state index in [9.17, 15) is 0 Å². The summed E-state index contributed by atoms with van der Waals surface area (Å²) in [5, 5.41) is 0. The highest BCUT2D eigenvalue weighted by atomic mass is 79.9. The van der Waals surface area contributed by atoms with Crippen molar-refractivity contribution in [1.82, 2.24) is 0 Å². The van der Waals surface area contributed by atoms with Crippen molar-refractivity contribution in [2.24, 2.45) is 4.99 Å². The van der Waals surface area contributed by atoms with Gasteiger partial charge in [-0.15, -0.1) is 0 Å². The van der Waals surface area contributed by atoms with Crippen molar-refractivity contribution in [1.29, 1.82) is 0 Å². The molecule has 0 aliphatic rings.